The van der Waals surface area contributed by atoms with Crippen molar-refractivity contribution in [1.29, 1.82) is 0 Å². The molecule has 0 fully saturated rings. The SMILES string of the molecule is Cc1ccc(SCc2sccc2C#CCN)cc1. The predicted octanol–water partition coefficient (Wildman–Crippen LogP) is 3.66. The number of thioether (sulfide) groups is 1. The Morgan fingerprint density at radius 1 is 1.22 bits per heavy atom. The van der Waals surface area contributed by atoms with Crippen molar-refractivity contribution in [2.24, 2.45) is 5.73 Å². The van der Waals surface area contributed by atoms with Gasteiger partial charge in [0.15, 0.2) is 0 Å². The van der Waals surface area contributed by atoms with Crippen LogP contribution in [-0.2, 0) is 5.75 Å². The fourth-order valence-corrected chi connectivity index (χ4v) is 3.34. The van der Waals surface area contributed by atoms with Gasteiger partial charge in [0, 0.05) is 21.1 Å². The van der Waals surface area contributed by atoms with E-state index in [1.807, 2.05) is 11.8 Å². The Morgan fingerprint density at radius 2 is 2.00 bits per heavy atom. The van der Waals surface area contributed by atoms with Crippen molar-refractivity contribution in [1.82, 2.24) is 0 Å². The maximum Gasteiger partial charge on any atom is 0.0555 e. The third-order valence-electron chi connectivity index (χ3n) is 2.46. The molecule has 1 aromatic heterocycles. The molecule has 0 unspecified atom stereocenters. The highest BCUT2D eigenvalue weighted by atomic mass is 32.2. The predicted molar refractivity (Wildman–Crippen MR) is 81.0 cm³/mol. The highest BCUT2D eigenvalue weighted by Crippen LogP contribution is 2.27. The van der Waals surface area contributed by atoms with E-state index in [1.165, 1.54) is 15.3 Å². The van der Waals surface area contributed by atoms with Crippen molar-refractivity contribution in [3.63, 3.8) is 0 Å². The zero-order valence-corrected chi connectivity index (χ0v) is 11.9. The highest BCUT2D eigenvalue weighted by molar-refractivity contribution is 7.98. The van der Waals surface area contributed by atoms with Crippen molar-refractivity contribution in [3.05, 3.63) is 51.7 Å². The van der Waals surface area contributed by atoms with Crippen LogP contribution in [0.1, 0.15) is 16.0 Å². The molecule has 0 saturated heterocycles. The first kappa shape index (κ1) is 13.2. The van der Waals surface area contributed by atoms with Gasteiger partial charge < -0.3 is 5.73 Å². The van der Waals surface area contributed by atoms with Gasteiger partial charge in [-0.25, -0.2) is 0 Å². The summed E-state index contributed by atoms with van der Waals surface area (Å²) in [5.41, 5.74) is 7.81. The van der Waals surface area contributed by atoms with Crippen LogP contribution in [0.2, 0.25) is 0 Å². The first-order valence-corrected chi connectivity index (χ1v) is 7.61. The Balaban J connectivity index is 2.02. The number of rotatable bonds is 3. The number of aryl methyl sites for hydroxylation is 1. The molecule has 0 bridgehead atoms. The van der Waals surface area contributed by atoms with Crippen molar-refractivity contribution in [2.75, 3.05) is 6.54 Å². The van der Waals surface area contributed by atoms with E-state index in [2.05, 4.69) is 54.5 Å². The molecular formula is C15H15NS2. The van der Waals surface area contributed by atoms with Crippen molar-refractivity contribution in [3.8, 4) is 11.8 Å². The summed E-state index contributed by atoms with van der Waals surface area (Å²) in [6, 6.07) is 10.7. The average Bonchev–Trinajstić information content (AvgIpc) is 2.83. The molecule has 1 aromatic carbocycles. The van der Waals surface area contributed by atoms with Gasteiger partial charge in [-0.15, -0.1) is 23.1 Å². The Morgan fingerprint density at radius 3 is 2.72 bits per heavy atom. The van der Waals surface area contributed by atoms with Gasteiger partial charge in [-0.3, -0.25) is 0 Å². The molecular weight excluding hydrogens is 258 g/mol. The molecule has 3 heteroatoms. The van der Waals surface area contributed by atoms with Crippen molar-refractivity contribution >= 4 is 23.1 Å². The summed E-state index contributed by atoms with van der Waals surface area (Å²) >= 11 is 3.60. The molecule has 0 atom stereocenters. The minimum absolute atomic E-state index is 0.417. The largest absolute Gasteiger partial charge is 0.320 e. The highest BCUT2D eigenvalue weighted by Gasteiger charge is 2.03. The van der Waals surface area contributed by atoms with Crippen LogP contribution < -0.4 is 5.73 Å². The van der Waals surface area contributed by atoms with Crippen LogP contribution in [0, 0.1) is 18.8 Å². The molecule has 2 rings (SSSR count). The molecule has 0 spiro atoms. The minimum atomic E-state index is 0.417. The van der Waals surface area contributed by atoms with Gasteiger partial charge in [-0.2, -0.15) is 0 Å². The van der Waals surface area contributed by atoms with Gasteiger partial charge in [-0.05, 0) is 30.5 Å². The van der Waals surface area contributed by atoms with Gasteiger partial charge in [0.05, 0.1) is 6.54 Å². The summed E-state index contributed by atoms with van der Waals surface area (Å²) in [6.45, 7) is 2.52. The third kappa shape index (κ3) is 3.64. The average molecular weight is 273 g/mol. The Kier molecular flexibility index (Phi) is 4.89. The molecule has 0 saturated carbocycles. The normalized spacial score (nSPS) is 9.89. The van der Waals surface area contributed by atoms with Crippen molar-refractivity contribution in [2.45, 2.75) is 17.6 Å². The van der Waals surface area contributed by atoms with Gasteiger partial charge in [-0.1, -0.05) is 29.5 Å². The summed E-state index contributed by atoms with van der Waals surface area (Å²) in [5, 5.41) is 2.09. The Hall–Kier alpha value is -1.21. The van der Waals surface area contributed by atoms with E-state index in [0.29, 0.717) is 6.54 Å². The van der Waals surface area contributed by atoms with Crippen LogP contribution in [0.15, 0.2) is 40.6 Å². The van der Waals surface area contributed by atoms with Crippen LogP contribution >= 0.6 is 23.1 Å². The van der Waals surface area contributed by atoms with E-state index < -0.39 is 0 Å². The maximum absolute atomic E-state index is 5.40. The Bertz CT molecular complexity index is 558. The smallest absolute Gasteiger partial charge is 0.0555 e. The summed E-state index contributed by atoms with van der Waals surface area (Å²) < 4.78 is 0. The van der Waals surface area contributed by atoms with Crippen LogP contribution in [-0.4, -0.2) is 6.54 Å². The number of nitrogens with two attached hydrogens (primary N) is 1. The molecule has 18 heavy (non-hydrogen) atoms. The van der Waals surface area contributed by atoms with Crippen LogP contribution in [0.3, 0.4) is 0 Å². The summed E-state index contributed by atoms with van der Waals surface area (Å²) in [5.74, 6) is 7.00. The molecule has 0 aliphatic carbocycles. The quantitative estimate of drug-likeness (QED) is 0.682. The second-order valence-corrected chi connectivity index (χ2v) is 5.91. The number of hydrogen-bond acceptors (Lipinski definition) is 3. The topological polar surface area (TPSA) is 26.0 Å². The van der Waals surface area contributed by atoms with Gasteiger partial charge >= 0.3 is 0 Å². The lowest BCUT2D eigenvalue weighted by atomic mass is 10.2. The molecule has 2 aromatic rings. The van der Waals surface area contributed by atoms with Gasteiger partial charge in [0.25, 0.3) is 0 Å². The minimum Gasteiger partial charge on any atom is -0.320 e. The van der Waals surface area contributed by atoms with Gasteiger partial charge in [0.1, 0.15) is 0 Å². The van der Waals surface area contributed by atoms with E-state index in [4.69, 9.17) is 5.73 Å². The second kappa shape index (κ2) is 6.65. The maximum atomic E-state index is 5.40. The van der Waals surface area contributed by atoms with E-state index in [1.54, 1.807) is 11.3 Å². The van der Waals surface area contributed by atoms with E-state index in [0.717, 1.165) is 11.3 Å². The van der Waals surface area contributed by atoms with Gasteiger partial charge in [0.2, 0.25) is 0 Å². The molecule has 0 radical (unpaired) electrons. The van der Waals surface area contributed by atoms with Crippen LogP contribution in [0.5, 0.6) is 0 Å². The zero-order chi connectivity index (χ0) is 12.8. The van der Waals surface area contributed by atoms with Crippen LogP contribution in [0.25, 0.3) is 0 Å². The Labute approximate surface area is 116 Å². The molecule has 2 N–H and O–H groups in total. The summed E-state index contributed by atoms with van der Waals surface area (Å²) in [7, 11) is 0. The molecule has 1 heterocycles. The molecule has 1 nitrogen and oxygen atoms in total. The number of hydrogen-bond donors (Lipinski definition) is 1. The standard InChI is InChI=1S/C15H15NS2/c1-12-4-6-14(7-5-12)18-11-15-13(3-2-9-16)8-10-17-15/h4-8,10H,9,11,16H2,1H3. The van der Waals surface area contributed by atoms with E-state index in [-0.39, 0.29) is 0 Å². The third-order valence-corrected chi connectivity index (χ3v) is 4.60. The lowest BCUT2D eigenvalue weighted by Gasteiger charge is -2.01. The number of thiophene rings is 1. The molecule has 0 aliphatic heterocycles. The second-order valence-electron chi connectivity index (χ2n) is 3.87. The van der Waals surface area contributed by atoms with E-state index in [9.17, 15) is 0 Å². The summed E-state index contributed by atoms with van der Waals surface area (Å²) in [4.78, 5) is 2.62. The fourth-order valence-electron chi connectivity index (χ4n) is 1.49. The lowest BCUT2D eigenvalue weighted by molar-refractivity contribution is 1.30. The summed E-state index contributed by atoms with van der Waals surface area (Å²) in [6.07, 6.45) is 0. The van der Waals surface area contributed by atoms with Crippen molar-refractivity contribution < 1.29 is 0 Å². The number of benzene rings is 1. The molecule has 0 amide bonds. The first-order valence-electron chi connectivity index (χ1n) is 5.74. The fraction of sp³-hybridized carbons (Fsp3) is 0.200. The molecule has 92 valence electrons. The van der Waals surface area contributed by atoms with E-state index >= 15 is 0 Å². The zero-order valence-electron chi connectivity index (χ0n) is 10.3. The lowest BCUT2D eigenvalue weighted by Crippen LogP contribution is -1.93. The molecule has 0 aliphatic rings. The first-order chi connectivity index (χ1) is 8.79. The van der Waals surface area contributed by atoms with Crippen LogP contribution in [0.4, 0.5) is 0 Å². The monoisotopic (exact) mass is 273 g/mol.